The molecule has 0 atom stereocenters. The largest absolute Gasteiger partial charge is 0.457 e. The summed E-state index contributed by atoms with van der Waals surface area (Å²) in [5, 5.41) is 2.04. The predicted octanol–water partition coefficient (Wildman–Crippen LogP) is 7.88. The van der Waals surface area contributed by atoms with Gasteiger partial charge >= 0.3 is 0 Å². The molecule has 6 heteroatoms. The smallest absolute Gasteiger partial charge is 0.197 e. The SMILES string of the molecule is Cc1cc(Oc2ccccc2)cc2c(=O)c3cc4[nH]c5c(C)cc(Oc6ccccc6)cc5c(=O)c4cc3[nH]c12. The fourth-order valence-electron chi connectivity index (χ4n) is 5.31. The molecule has 0 amide bonds. The molecule has 7 aromatic rings. The molecule has 0 aliphatic heterocycles. The summed E-state index contributed by atoms with van der Waals surface area (Å²) < 4.78 is 12.0. The van der Waals surface area contributed by atoms with Gasteiger partial charge in [-0.1, -0.05) is 36.4 Å². The van der Waals surface area contributed by atoms with Crippen molar-refractivity contribution in [2.24, 2.45) is 0 Å². The van der Waals surface area contributed by atoms with E-state index in [0.717, 1.165) is 11.1 Å². The zero-order chi connectivity index (χ0) is 27.4. The van der Waals surface area contributed by atoms with Crippen LogP contribution >= 0.6 is 0 Å². The minimum Gasteiger partial charge on any atom is -0.457 e. The van der Waals surface area contributed by atoms with Gasteiger partial charge in [0.15, 0.2) is 10.9 Å². The summed E-state index contributed by atoms with van der Waals surface area (Å²) in [6.07, 6.45) is 0. The summed E-state index contributed by atoms with van der Waals surface area (Å²) in [4.78, 5) is 34.3. The van der Waals surface area contributed by atoms with Crippen LogP contribution in [0, 0.1) is 13.8 Å². The first-order valence-electron chi connectivity index (χ1n) is 13.0. The lowest BCUT2D eigenvalue weighted by molar-refractivity contribution is 0.482. The number of aryl methyl sites for hydroxylation is 2. The number of hydrogen-bond donors (Lipinski definition) is 2. The summed E-state index contributed by atoms with van der Waals surface area (Å²) in [7, 11) is 0. The molecular weight excluding hydrogens is 500 g/mol. The van der Waals surface area contributed by atoms with Crippen molar-refractivity contribution in [3.8, 4) is 23.0 Å². The maximum atomic E-state index is 13.7. The molecule has 6 nitrogen and oxygen atoms in total. The number of fused-ring (bicyclic) bond motifs is 4. The molecule has 2 N–H and O–H groups in total. The molecule has 7 rings (SSSR count). The third-order valence-corrected chi connectivity index (χ3v) is 7.23. The van der Waals surface area contributed by atoms with E-state index in [2.05, 4.69) is 9.97 Å². The van der Waals surface area contributed by atoms with E-state index in [9.17, 15) is 9.59 Å². The standard InChI is InChI=1S/C34H24N2O4/c1-19-13-23(39-21-9-5-3-6-10-21)15-27-31(19)35-29-17-26-30(18-25(29)33(27)37)36-32-20(2)14-24(16-28(32)34(26)38)40-22-11-7-4-8-12-22/h3-18H,1-2H3,(H,35,37)(H,36,38). The van der Waals surface area contributed by atoms with Crippen molar-refractivity contribution in [3.05, 3.63) is 129 Å². The van der Waals surface area contributed by atoms with Crippen LogP contribution in [0.1, 0.15) is 11.1 Å². The quantitative estimate of drug-likeness (QED) is 0.229. The Bertz CT molecular complexity index is 2060. The maximum Gasteiger partial charge on any atom is 0.197 e. The number of aromatic amines is 2. The molecule has 0 bridgehead atoms. The van der Waals surface area contributed by atoms with Gasteiger partial charge in [-0.05, 0) is 85.6 Å². The number of para-hydroxylation sites is 2. The van der Waals surface area contributed by atoms with Gasteiger partial charge in [-0.3, -0.25) is 9.59 Å². The van der Waals surface area contributed by atoms with Crippen LogP contribution in [0.15, 0.2) is 107 Å². The van der Waals surface area contributed by atoms with Gasteiger partial charge in [0.2, 0.25) is 0 Å². The Balaban J connectivity index is 1.41. The molecule has 0 spiro atoms. The second-order valence-corrected chi connectivity index (χ2v) is 10.0. The highest BCUT2D eigenvalue weighted by Gasteiger charge is 2.15. The van der Waals surface area contributed by atoms with E-state index in [-0.39, 0.29) is 10.9 Å². The highest BCUT2D eigenvalue weighted by molar-refractivity contribution is 6.03. The summed E-state index contributed by atoms with van der Waals surface area (Å²) in [6.45, 7) is 3.86. The second kappa shape index (κ2) is 9.13. The van der Waals surface area contributed by atoms with Crippen LogP contribution in [0.3, 0.4) is 0 Å². The Morgan fingerprint density at radius 1 is 0.475 bits per heavy atom. The summed E-state index contributed by atoms with van der Waals surface area (Å²) in [5.74, 6) is 2.57. The molecular formula is C34H24N2O4. The highest BCUT2D eigenvalue weighted by atomic mass is 16.5. The van der Waals surface area contributed by atoms with Gasteiger partial charge in [0.05, 0.1) is 32.8 Å². The third-order valence-electron chi connectivity index (χ3n) is 7.23. The van der Waals surface area contributed by atoms with Crippen LogP contribution < -0.4 is 20.3 Å². The van der Waals surface area contributed by atoms with E-state index in [1.807, 2.05) is 86.6 Å². The fraction of sp³-hybridized carbons (Fsp3) is 0.0588. The van der Waals surface area contributed by atoms with Crippen molar-refractivity contribution in [1.29, 1.82) is 0 Å². The molecule has 0 radical (unpaired) electrons. The van der Waals surface area contributed by atoms with E-state index in [1.54, 1.807) is 24.3 Å². The lowest BCUT2D eigenvalue weighted by Crippen LogP contribution is -2.09. The Labute approximate surface area is 228 Å². The number of aromatic nitrogens is 2. The minimum absolute atomic E-state index is 0.128. The lowest BCUT2D eigenvalue weighted by Gasteiger charge is -2.12. The van der Waals surface area contributed by atoms with Crippen molar-refractivity contribution >= 4 is 43.6 Å². The van der Waals surface area contributed by atoms with E-state index in [4.69, 9.17) is 9.47 Å². The van der Waals surface area contributed by atoms with Gasteiger partial charge in [-0.2, -0.15) is 0 Å². The Morgan fingerprint density at radius 2 is 0.875 bits per heavy atom. The van der Waals surface area contributed by atoms with Crippen LogP contribution in [0.4, 0.5) is 0 Å². The average Bonchev–Trinajstić information content (AvgIpc) is 2.95. The molecule has 2 heterocycles. The van der Waals surface area contributed by atoms with Gasteiger partial charge in [-0.15, -0.1) is 0 Å². The first-order valence-corrected chi connectivity index (χ1v) is 13.0. The zero-order valence-corrected chi connectivity index (χ0v) is 21.9. The van der Waals surface area contributed by atoms with Crippen molar-refractivity contribution in [3.63, 3.8) is 0 Å². The third kappa shape index (κ3) is 3.98. The molecule has 5 aromatic carbocycles. The second-order valence-electron chi connectivity index (χ2n) is 10.0. The predicted molar refractivity (Wildman–Crippen MR) is 160 cm³/mol. The topological polar surface area (TPSA) is 84.2 Å². The summed E-state index contributed by atoms with van der Waals surface area (Å²) in [5.41, 5.74) is 4.11. The number of rotatable bonds is 4. The van der Waals surface area contributed by atoms with Gasteiger partial charge in [-0.25, -0.2) is 0 Å². The average molecular weight is 525 g/mol. The van der Waals surface area contributed by atoms with Crippen molar-refractivity contribution in [2.45, 2.75) is 13.8 Å². The monoisotopic (exact) mass is 524 g/mol. The van der Waals surface area contributed by atoms with Crippen molar-refractivity contribution < 1.29 is 9.47 Å². The molecule has 40 heavy (non-hydrogen) atoms. The van der Waals surface area contributed by atoms with Crippen LogP contribution in [0.5, 0.6) is 23.0 Å². The van der Waals surface area contributed by atoms with Gasteiger partial charge in [0, 0.05) is 10.8 Å². The van der Waals surface area contributed by atoms with Gasteiger partial charge < -0.3 is 19.4 Å². The minimum atomic E-state index is -0.128. The number of benzene rings is 5. The maximum absolute atomic E-state index is 13.7. The Hall–Kier alpha value is -5.36. The van der Waals surface area contributed by atoms with E-state index in [1.165, 1.54) is 0 Å². The van der Waals surface area contributed by atoms with Crippen LogP contribution in [0.2, 0.25) is 0 Å². The molecule has 2 aromatic heterocycles. The van der Waals surface area contributed by atoms with Crippen LogP contribution in [0.25, 0.3) is 43.6 Å². The van der Waals surface area contributed by atoms with E-state index >= 15 is 0 Å². The molecule has 0 aliphatic rings. The zero-order valence-electron chi connectivity index (χ0n) is 21.9. The number of pyridine rings is 2. The summed E-state index contributed by atoms with van der Waals surface area (Å²) in [6, 6.07) is 29.8. The lowest BCUT2D eigenvalue weighted by atomic mass is 10.0. The van der Waals surface area contributed by atoms with E-state index in [0.29, 0.717) is 66.6 Å². The van der Waals surface area contributed by atoms with Gasteiger partial charge in [0.1, 0.15) is 23.0 Å². The molecule has 0 saturated carbocycles. The fourth-order valence-corrected chi connectivity index (χ4v) is 5.31. The van der Waals surface area contributed by atoms with E-state index < -0.39 is 0 Å². The number of ether oxygens (including phenoxy) is 2. The number of nitrogens with one attached hydrogen (secondary N) is 2. The number of hydrogen-bond acceptors (Lipinski definition) is 4. The summed E-state index contributed by atoms with van der Waals surface area (Å²) >= 11 is 0. The molecule has 0 aliphatic carbocycles. The van der Waals surface area contributed by atoms with Crippen molar-refractivity contribution in [2.75, 3.05) is 0 Å². The highest BCUT2D eigenvalue weighted by Crippen LogP contribution is 2.30. The number of H-pyrrole nitrogens is 2. The first kappa shape index (κ1) is 23.7. The van der Waals surface area contributed by atoms with Crippen LogP contribution in [-0.4, -0.2) is 9.97 Å². The first-order chi connectivity index (χ1) is 19.4. The van der Waals surface area contributed by atoms with Crippen LogP contribution in [-0.2, 0) is 0 Å². The van der Waals surface area contributed by atoms with Crippen molar-refractivity contribution in [1.82, 2.24) is 9.97 Å². The Morgan fingerprint density at radius 3 is 1.27 bits per heavy atom. The Kier molecular flexibility index (Phi) is 5.42. The molecule has 0 fully saturated rings. The molecule has 194 valence electrons. The normalized spacial score (nSPS) is 11.4. The molecule has 0 saturated heterocycles. The molecule has 0 unspecified atom stereocenters. The van der Waals surface area contributed by atoms with Gasteiger partial charge in [0.25, 0.3) is 0 Å².